The van der Waals surface area contributed by atoms with Crippen LogP contribution in [0.5, 0.6) is 0 Å². The van der Waals surface area contributed by atoms with E-state index in [1.165, 1.54) is 55.0 Å². The first-order valence-electron chi connectivity index (χ1n) is 10.3. The molecule has 26 heavy (non-hydrogen) atoms. The molecule has 0 bridgehead atoms. The van der Waals surface area contributed by atoms with Gasteiger partial charge in [-0.3, -0.25) is 0 Å². The van der Waals surface area contributed by atoms with Crippen LogP contribution in [-0.4, -0.2) is 27.8 Å². The van der Waals surface area contributed by atoms with Crippen LogP contribution in [0.4, 0.5) is 5.69 Å². The monoisotopic (exact) mass is 351 g/mol. The number of benzene rings is 1. The molecule has 2 aromatic rings. The number of imidazole rings is 1. The molecule has 1 aromatic heterocycles. The van der Waals surface area contributed by atoms with Crippen molar-refractivity contribution in [1.82, 2.24) is 9.55 Å². The molecular weight excluding hydrogens is 322 g/mol. The van der Waals surface area contributed by atoms with Gasteiger partial charge in [0.05, 0.1) is 12.2 Å². The van der Waals surface area contributed by atoms with Crippen molar-refractivity contribution in [2.45, 2.75) is 69.9 Å². The molecule has 0 radical (unpaired) electrons. The second-order valence-corrected chi connectivity index (χ2v) is 8.36. The summed E-state index contributed by atoms with van der Waals surface area (Å²) >= 11 is 0. The Morgan fingerprint density at radius 1 is 1.08 bits per heavy atom. The fraction of sp³-hybridized carbons (Fsp3) is 0.591. The molecule has 0 saturated heterocycles. The van der Waals surface area contributed by atoms with E-state index in [-0.39, 0.29) is 6.61 Å². The maximum atomic E-state index is 9.17. The zero-order valence-corrected chi connectivity index (χ0v) is 15.6. The van der Waals surface area contributed by atoms with Gasteiger partial charge in [0.25, 0.3) is 0 Å². The van der Waals surface area contributed by atoms with Crippen molar-refractivity contribution < 1.29 is 5.11 Å². The van der Waals surface area contributed by atoms with Crippen LogP contribution in [0.15, 0.2) is 24.3 Å². The highest BCUT2D eigenvalue weighted by Crippen LogP contribution is 2.56. The van der Waals surface area contributed by atoms with Crippen molar-refractivity contribution in [3.8, 4) is 0 Å². The Kier molecular flexibility index (Phi) is 4.04. The molecule has 2 heterocycles. The molecule has 5 rings (SSSR count). The number of aromatic nitrogens is 2. The number of aliphatic hydroxyl groups excluding tert-OH is 1. The van der Waals surface area contributed by atoms with Gasteiger partial charge in [0.1, 0.15) is 5.82 Å². The summed E-state index contributed by atoms with van der Waals surface area (Å²) in [5.74, 6) is 1.24. The van der Waals surface area contributed by atoms with Crippen LogP contribution in [0.2, 0.25) is 0 Å². The molecule has 0 atom stereocenters. The number of anilines is 1. The van der Waals surface area contributed by atoms with Crippen LogP contribution in [0.1, 0.15) is 61.3 Å². The van der Waals surface area contributed by atoms with E-state index in [1.54, 1.807) is 5.56 Å². The van der Waals surface area contributed by atoms with Crippen molar-refractivity contribution in [1.29, 1.82) is 0 Å². The molecule has 1 aromatic carbocycles. The summed E-state index contributed by atoms with van der Waals surface area (Å²) in [6.07, 6.45) is 9.44. The predicted octanol–water partition coefficient (Wildman–Crippen LogP) is 3.59. The summed E-state index contributed by atoms with van der Waals surface area (Å²) in [7, 11) is 0. The topological polar surface area (TPSA) is 41.3 Å². The maximum absolute atomic E-state index is 9.17. The Hall–Kier alpha value is -1.81. The molecule has 3 aliphatic rings. The van der Waals surface area contributed by atoms with E-state index in [1.807, 2.05) is 0 Å². The van der Waals surface area contributed by atoms with Gasteiger partial charge in [0, 0.05) is 36.5 Å². The summed E-state index contributed by atoms with van der Waals surface area (Å²) in [6.45, 7) is 3.36. The smallest absolute Gasteiger partial charge is 0.128 e. The van der Waals surface area contributed by atoms with Gasteiger partial charge in [-0.1, -0.05) is 18.2 Å². The minimum Gasteiger partial charge on any atom is -0.396 e. The maximum Gasteiger partial charge on any atom is 0.128 e. The molecule has 4 nitrogen and oxygen atoms in total. The van der Waals surface area contributed by atoms with Crippen molar-refractivity contribution in [3.05, 3.63) is 47.0 Å². The average molecular weight is 351 g/mol. The molecular formula is C22H29N3O. The Balaban J connectivity index is 1.44. The molecule has 1 aliphatic heterocycles. The van der Waals surface area contributed by atoms with Crippen molar-refractivity contribution in [2.75, 3.05) is 18.1 Å². The van der Waals surface area contributed by atoms with E-state index in [0.29, 0.717) is 5.41 Å². The number of hydrogen-bond donors (Lipinski definition) is 1. The van der Waals surface area contributed by atoms with E-state index in [4.69, 9.17) is 4.98 Å². The van der Waals surface area contributed by atoms with Crippen molar-refractivity contribution in [2.24, 2.45) is 0 Å². The van der Waals surface area contributed by atoms with E-state index in [0.717, 1.165) is 38.9 Å². The average Bonchev–Trinajstić information content (AvgIpc) is 3.28. The molecule has 2 aliphatic carbocycles. The van der Waals surface area contributed by atoms with E-state index in [9.17, 15) is 5.11 Å². The predicted molar refractivity (Wildman–Crippen MR) is 104 cm³/mol. The van der Waals surface area contributed by atoms with Gasteiger partial charge in [0.2, 0.25) is 0 Å². The molecule has 1 saturated carbocycles. The van der Waals surface area contributed by atoms with Gasteiger partial charge < -0.3 is 14.6 Å². The third-order valence-electron chi connectivity index (χ3n) is 6.60. The Morgan fingerprint density at radius 3 is 2.77 bits per heavy atom. The van der Waals surface area contributed by atoms with Gasteiger partial charge in [-0.05, 0) is 63.0 Å². The lowest BCUT2D eigenvalue weighted by atomic mass is 9.99. The lowest BCUT2D eigenvalue weighted by Crippen LogP contribution is -2.26. The zero-order chi connectivity index (χ0) is 17.6. The summed E-state index contributed by atoms with van der Waals surface area (Å²) in [5, 5.41) is 9.17. The summed E-state index contributed by atoms with van der Waals surface area (Å²) in [6, 6.07) is 8.99. The highest BCUT2D eigenvalue weighted by molar-refractivity contribution is 5.64. The van der Waals surface area contributed by atoms with E-state index >= 15 is 0 Å². The second-order valence-electron chi connectivity index (χ2n) is 8.36. The number of para-hydroxylation sites is 1. The zero-order valence-electron chi connectivity index (χ0n) is 15.6. The summed E-state index contributed by atoms with van der Waals surface area (Å²) in [4.78, 5) is 7.66. The molecule has 1 spiro atoms. The summed E-state index contributed by atoms with van der Waals surface area (Å²) < 4.78 is 2.49. The lowest BCUT2D eigenvalue weighted by Gasteiger charge is -2.21. The number of aliphatic hydroxyl groups is 1. The van der Waals surface area contributed by atoms with E-state index in [2.05, 4.69) is 33.7 Å². The number of aryl methyl sites for hydroxylation is 1. The molecule has 1 N–H and O–H groups in total. The minimum atomic E-state index is 0.286. The standard InChI is InChI=1S/C22H29N3O/c26-14-6-5-13-25-20-10-4-2-8-18(20)23-21(25)15-24-16-22(11-12-22)17-7-1-3-9-19(17)24/h1,3,7,9,26H,2,4-6,8,10-16H2. The Bertz CT molecular complexity index is 806. The first-order valence-corrected chi connectivity index (χ1v) is 10.3. The lowest BCUT2D eigenvalue weighted by molar-refractivity contribution is 0.280. The molecule has 0 unspecified atom stereocenters. The van der Waals surface area contributed by atoms with E-state index < -0.39 is 0 Å². The van der Waals surface area contributed by atoms with Crippen LogP contribution in [0.25, 0.3) is 0 Å². The SMILES string of the molecule is OCCCCn1c(CN2CC3(CC3)c3ccccc32)nc2c1CCCC2. The highest BCUT2D eigenvalue weighted by atomic mass is 16.2. The van der Waals surface area contributed by atoms with Crippen molar-refractivity contribution >= 4 is 5.69 Å². The van der Waals surface area contributed by atoms with Gasteiger partial charge in [-0.25, -0.2) is 4.98 Å². The van der Waals surface area contributed by atoms with Gasteiger partial charge in [0.15, 0.2) is 0 Å². The van der Waals surface area contributed by atoms with Crippen molar-refractivity contribution in [3.63, 3.8) is 0 Å². The van der Waals surface area contributed by atoms with Crippen LogP contribution in [-0.2, 0) is 31.3 Å². The Labute approximate surface area is 155 Å². The number of rotatable bonds is 6. The number of nitrogens with zero attached hydrogens (tertiary/aromatic N) is 3. The third kappa shape index (κ3) is 2.66. The quantitative estimate of drug-likeness (QED) is 0.809. The first-order chi connectivity index (χ1) is 12.8. The number of hydrogen-bond acceptors (Lipinski definition) is 3. The third-order valence-corrected chi connectivity index (χ3v) is 6.60. The minimum absolute atomic E-state index is 0.286. The Morgan fingerprint density at radius 2 is 1.92 bits per heavy atom. The molecule has 4 heteroatoms. The molecule has 138 valence electrons. The van der Waals surface area contributed by atoms with Crippen LogP contribution in [0.3, 0.4) is 0 Å². The van der Waals surface area contributed by atoms with Gasteiger partial charge in [-0.15, -0.1) is 0 Å². The fourth-order valence-electron chi connectivity index (χ4n) is 5.05. The largest absolute Gasteiger partial charge is 0.396 e. The number of unbranched alkanes of at least 4 members (excludes halogenated alkanes) is 1. The molecule has 1 fully saturated rings. The second kappa shape index (κ2) is 6.41. The molecule has 0 amide bonds. The van der Waals surface area contributed by atoms with Crippen LogP contribution in [0, 0.1) is 0 Å². The van der Waals surface area contributed by atoms with Gasteiger partial charge in [-0.2, -0.15) is 0 Å². The van der Waals surface area contributed by atoms with Crippen LogP contribution < -0.4 is 4.90 Å². The number of fused-ring (bicyclic) bond motifs is 3. The summed E-state index contributed by atoms with van der Waals surface area (Å²) in [5.41, 5.74) is 6.22. The van der Waals surface area contributed by atoms with Gasteiger partial charge >= 0.3 is 0 Å². The first kappa shape index (κ1) is 16.4. The fourth-order valence-corrected chi connectivity index (χ4v) is 5.05. The normalized spacial score (nSPS) is 19.7. The van der Waals surface area contributed by atoms with Crippen LogP contribution >= 0.6 is 0 Å². The highest BCUT2D eigenvalue weighted by Gasteiger charge is 2.51.